The van der Waals surface area contributed by atoms with Crippen LogP contribution in [-0.4, -0.2) is 4.98 Å². The largest absolute Gasteiger partial charge is 0.439 e. The molecule has 0 aliphatic rings. The maximum absolute atomic E-state index is 5.78. The highest BCUT2D eigenvalue weighted by Crippen LogP contribution is 2.23. The minimum atomic E-state index is 0.572. The van der Waals surface area contributed by atoms with E-state index in [0.29, 0.717) is 10.9 Å². The molecule has 0 bridgehead atoms. The Bertz CT molecular complexity index is 499. The van der Waals surface area contributed by atoms with E-state index in [9.17, 15) is 0 Å². The third-order valence-electron chi connectivity index (χ3n) is 2.03. The summed E-state index contributed by atoms with van der Waals surface area (Å²) in [7, 11) is 0. The number of nitrogens with zero attached hydrogens (tertiary/aromatic N) is 1. The Balaban J connectivity index is 2.20. The van der Waals surface area contributed by atoms with Crippen molar-refractivity contribution in [1.29, 1.82) is 0 Å². The molecule has 82 valence electrons. The molecule has 2 nitrogen and oxygen atoms in total. The van der Waals surface area contributed by atoms with Crippen molar-refractivity contribution in [3.63, 3.8) is 0 Å². The zero-order valence-corrected chi connectivity index (χ0v) is 10.9. The Labute approximate surface area is 107 Å². The van der Waals surface area contributed by atoms with Crippen molar-refractivity contribution < 1.29 is 4.74 Å². The van der Waals surface area contributed by atoms with Crippen LogP contribution in [0.1, 0.15) is 5.69 Å². The average Bonchev–Trinajstić information content (AvgIpc) is 2.27. The van der Waals surface area contributed by atoms with E-state index in [1.807, 2.05) is 19.1 Å². The number of hydrogen-bond acceptors (Lipinski definition) is 2. The highest BCUT2D eigenvalue weighted by Gasteiger charge is 2.01. The molecule has 2 aromatic rings. The van der Waals surface area contributed by atoms with Gasteiger partial charge in [0.2, 0.25) is 5.88 Å². The summed E-state index contributed by atoms with van der Waals surface area (Å²) >= 11 is 9.17. The van der Waals surface area contributed by atoms with Crippen molar-refractivity contribution >= 4 is 27.5 Å². The summed E-state index contributed by atoms with van der Waals surface area (Å²) in [6, 6.07) is 10.9. The molecule has 0 atom stereocenters. The second-order valence-electron chi connectivity index (χ2n) is 3.27. The van der Waals surface area contributed by atoms with Crippen LogP contribution in [0.25, 0.3) is 0 Å². The van der Waals surface area contributed by atoms with E-state index < -0.39 is 0 Å². The first-order valence-corrected chi connectivity index (χ1v) is 5.89. The fraction of sp³-hybridized carbons (Fsp3) is 0.0833. The van der Waals surface area contributed by atoms with E-state index in [0.717, 1.165) is 15.9 Å². The van der Waals surface area contributed by atoms with E-state index >= 15 is 0 Å². The molecule has 0 aliphatic heterocycles. The van der Waals surface area contributed by atoms with Gasteiger partial charge in [-0.1, -0.05) is 11.6 Å². The monoisotopic (exact) mass is 297 g/mol. The molecule has 4 heteroatoms. The van der Waals surface area contributed by atoms with E-state index in [1.165, 1.54) is 0 Å². The third-order valence-corrected chi connectivity index (χ3v) is 3.12. The second-order valence-corrected chi connectivity index (χ2v) is 4.56. The Kier molecular flexibility index (Phi) is 3.46. The molecule has 16 heavy (non-hydrogen) atoms. The van der Waals surface area contributed by atoms with Crippen LogP contribution >= 0.6 is 27.5 Å². The van der Waals surface area contributed by atoms with Crippen LogP contribution in [0.4, 0.5) is 0 Å². The summed E-state index contributed by atoms with van der Waals surface area (Å²) in [4.78, 5) is 4.29. The van der Waals surface area contributed by atoms with Crippen molar-refractivity contribution in [2.45, 2.75) is 6.92 Å². The van der Waals surface area contributed by atoms with Crippen LogP contribution in [0.15, 0.2) is 40.9 Å². The molecule has 0 aliphatic carbocycles. The van der Waals surface area contributed by atoms with Crippen molar-refractivity contribution in [3.8, 4) is 11.6 Å². The quantitative estimate of drug-likeness (QED) is 0.808. The minimum Gasteiger partial charge on any atom is -0.439 e. The molecule has 0 radical (unpaired) electrons. The zero-order valence-electron chi connectivity index (χ0n) is 8.58. The van der Waals surface area contributed by atoms with Gasteiger partial charge in [-0.2, -0.15) is 0 Å². The predicted octanol–water partition coefficient (Wildman–Crippen LogP) is 4.60. The van der Waals surface area contributed by atoms with Gasteiger partial charge < -0.3 is 4.74 Å². The first-order chi connectivity index (χ1) is 7.65. The van der Waals surface area contributed by atoms with Gasteiger partial charge in [0.05, 0.1) is 5.69 Å². The maximum Gasteiger partial charge on any atom is 0.219 e. The van der Waals surface area contributed by atoms with Crippen LogP contribution in [0.3, 0.4) is 0 Å². The molecule has 0 unspecified atom stereocenters. The van der Waals surface area contributed by atoms with Gasteiger partial charge in [0.15, 0.2) is 0 Å². The average molecular weight is 299 g/mol. The molecule has 1 aromatic heterocycles. The first kappa shape index (κ1) is 11.4. The summed E-state index contributed by atoms with van der Waals surface area (Å²) in [5, 5.41) is 0.687. The molecule has 0 N–H and O–H groups in total. The van der Waals surface area contributed by atoms with Crippen LogP contribution in [0, 0.1) is 6.92 Å². The van der Waals surface area contributed by atoms with Crippen LogP contribution in [0.5, 0.6) is 11.6 Å². The Morgan fingerprint density at radius 1 is 1.12 bits per heavy atom. The molecular weight excluding hydrogens is 289 g/mol. The molecule has 1 heterocycles. The minimum absolute atomic E-state index is 0.572. The number of aryl methyl sites for hydroxylation is 1. The molecule has 0 fully saturated rings. The maximum atomic E-state index is 5.78. The normalized spacial score (nSPS) is 10.2. The van der Waals surface area contributed by atoms with Gasteiger partial charge >= 0.3 is 0 Å². The van der Waals surface area contributed by atoms with Gasteiger partial charge in [0.1, 0.15) is 5.75 Å². The zero-order chi connectivity index (χ0) is 11.5. The van der Waals surface area contributed by atoms with Crippen LogP contribution in [0.2, 0.25) is 5.02 Å². The fourth-order valence-corrected chi connectivity index (χ4v) is 1.55. The highest BCUT2D eigenvalue weighted by atomic mass is 79.9. The van der Waals surface area contributed by atoms with Crippen LogP contribution < -0.4 is 4.74 Å². The molecular formula is C12H9BrClNO. The lowest BCUT2D eigenvalue weighted by molar-refractivity contribution is 0.461. The van der Waals surface area contributed by atoms with Crippen molar-refractivity contribution in [2.24, 2.45) is 0 Å². The smallest absolute Gasteiger partial charge is 0.219 e. The van der Waals surface area contributed by atoms with Gasteiger partial charge in [-0.15, -0.1) is 0 Å². The van der Waals surface area contributed by atoms with E-state index in [1.54, 1.807) is 24.3 Å². The Hall–Kier alpha value is -1.06. The molecule has 0 amide bonds. The summed E-state index contributed by atoms with van der Waals surface area (Å²) < 4.78 is 6.55. The summed E-state index contributed by atoms with van der Waals surface area (Å²) in [5.41, 5.74) is 0.895. The second kappa shape index (κ2) is 4.85. The Morgan fingerprint density at radius 2 is 1.81 bits per heavy atom. The van der Waals surface area contributed by atoms with Crippen molar-refractivity contribution in [2.75, 3.05) is 0 Å². The van der Waals surface area contributed by atoms with Crippen molar-refractivity contribution in [1.82, 2.24) is 4.98 Å². The van der Waals surface area contributed by atoms with Gasteiger partial charge in [-0.05, 0) is 53.2 Å². The number of benzene rings is 1. The number of ether oxygens (including phenoxy) is 1. The van der Waals surface area contributed by atoms with Gasteiger partial charge in [0.25, 0.3) is 0 Å². The first-order valence-electron chi connectivity index (χ1n) is 4.72. The molecule has 1 aromatic carbocycles. The van der Waals surface area contributed by atoms with Gasteiger partial charge in [-0.25, -0.2) is 4.98 Å². The van der Waals surface area contributed by atoms with E-state index in [-0.39, 0.29) is 0 Å². The fourth-order valence-electron chi connectivity index (χ4n) is 1.20. The van der Waals surface area contributed by atoms with Gasteiger partial charge in [-0.3, -0.25) is 0 Å². The lowest BCUT2D eigenvalue weighted by Crippen LogP contribution is -1.90. The highest BCUT2D eigenvalue weighted by molar-refractivity contribution is 9.10. The number of pyridine rings is 1. The predicted molar refractivity (Wildman–Crippen MR) is 68.2 cm³/mol. The standard InChI is InChI=1S/C12H9BrClNO/c1-8-11(13)6-7-12(15-8)16-10-4-2-9(14)3-5-10/h2-7H,1H3. The van der Waals surface area contributed by atoms with E-state index in [2.05, 4.69) is 20.9 Å². The Morgan fingerprint density at radius 3 is 2.44 bits per heavy atom. The number of rotatable bonds is 2. The molecule has 0 saturated heterocycles. The molecule has 0 spiro atoms. The third kappa shape index (κ3) is 2.74. The van der Waals surface area contributed by atoms with Crippen LogP contribution in [-0.2, 0) is 0 Å². The number of halogens is 2. The summed E-state index contributed by atoms with van der Waals surface area (Å²) in [5.74, 6) is 1.29. The lowest BCUT2D eigenvalue weighted by atomic mass is 10.3. The number of aromatic nitrogens is 1. The molecule has 2 rings (SSSR count). The van der Waals surface area contributed by atoms with Gasteiger partial charge in [0, 0.05) is 15.6 Å². The topological polar surface area (TPSA) is 22.1 Å². The van der Waals surface area contributed by atoms with E-state index in [4.69, 9.17) is 16.3 Å². The number of hydrogen-bond donors (Lipinski definition) is 0. The molecule has 0 saturated carbocycles. The summed E-state index contributed by atoms with van der Waals surface area (Å²) in [6.45, 7) is 1.92. The summed E-state index contributed by atoms with van der Waals surface area (Å²) in [6.07, 6.45) is 0. The SMILES string of the molecule is Cc1nc(Oc2ccc(Cl)cc2)ccc1Br. The van der Waals surface area contributed by atoms with Crippen molar-refractivity contribution in [3.05, 3.63) is 51.6 Å². The lowest BCUT2D eigenvalue weighted by Gasteiger charge is -2.06.